The standard InChI is InChI=1S/C18H20FNO2/c1-2-14-6-8-17(9-7-14)20(11-10-18(21)22)13-15-4-3-5-16(19)12-15/h3-9,12H,2,10-11,13H2,1H3,(H,21,22). The van der Waals surface area contributed by atoms with E-state index in [9.17, 15) is 9.18 Å². The Morgan fingerprint density at radius 1 is 1.14 bits per heavy atom. The zero-order valence-corrected chi connectivity index (χ0v) is 12.6. The van der Waals surface area contributed by atoms with Crippen molar-refractivity contribution in [2.24, 2.45) is 0 Å². The lowest BCUT2D eigenvalue weighted by Crippen LogP contribution is -2.25. The first-order valence-electron chi connectivity index (χ1n) is 7.38. The number of carboxylic acids is 1. The van der Waals surface area contributed by atoms with Gasteiger partial charge in [0.05, 0.1) is 6.42 Å². The van der Waals surface area contributed by atoms with Crippen LogP contribution in [-0.2, 0) is 17.8 Å². The molecule has 2 aromatic carbocycles. The Labute approximate surface area is 130 Å². The summed E-state index contributed by atoms with van der Waals surface area (Å²) in [4.78, 5) is 12.8. The van der Waals surface area contributed by atoms with E-state index >= 15 is 0 Å². The quantitative estimate of drug-likeness (QED) is 0.844. The van der Waals surface area contributed by atoms with Crippen LogP contribution in [0.15, 0.2) is 48.5 Å². The number of aryl methyl sites for hydroxylation is 1. The maximum Gasteiger partial charge on any atom is 0.305 e. The average molecular weight is 301 g/mol. The van der Waals surface area contributed by atoms with Gasteiger partial charge >= 0.3 is 5.97 Å². The Kier molecular flexibility index (Phi) is 5.53. The number of rotatable bonds is 7. The predicted molar refractivity (Wildman–Crippen MR) is 85.5 cm³/mol. The summed E-state index contributed by atoms with van der Waals surface area (Å²) in [6.45, 7) is 2.96. The van der Waals surface area contributed by atoms with Crippen LogP contribution in [0.25, 0.3) is 0 Å². The van der Waals surface area contributed by atoms with Gasteiger partial charge in [0, 0.05) is 18.8 Å². The van der Waals surface area contributed by atoms with E-state index in [1.165, 1.54) is 17.7 Å². The van der Waals surface area contributed by atoms with Gasteiger partial charge in [0.1, 0.15) is 5.82 Å². The van der Waals surface area contributed by atoms with Crippen molar-refractivity contribution in [3.8, 4) is 0 Å². The molecular formula is C18H20FNO2. The molecule has 0 aromatic heterocycles. The Hall–Kier alpha value is -2.36. The second-order valence-electron chi connectivity index (χ2n) is 5.22. The molecule has 4 heteroatoms. The van der Waals surface area contributed by atoms with Gasteiger partial charge in [0.15, 0.2) is 0 Å². The fourth-order valence-corrected chi connectivity index (χ4v) is 2.33. The van der Waals surface area contributed by atoms with Crippen LogP contribution in [0.3, 0.4) is 0 Å². The van der Waals surface area contributed by atoms with E-state index in [1.54, 1.807) is 6.07 Å². The fourth-order valence-electron chi connectivity index (χ4n) is 2.33. The molecule has 1 N–H and O–H groups in total. The van der Waals surface area contributed by atoms with Crippen molar-refractivity contribution in [1.29, 1.82) is 0 Å². The molecule has 116 valence electrons. The van der Waals surface area contributed by atoms with Gasteiger partial charge in [-0.15, -0.1) is 0 Å². The highest BCUT2D eigenvalue weighted by atomic mass is 19.1. The molecule has 0 radical (unpaired) electrons. The van der Waals surface area contributed by atoms with E-state index < -0.39 is 5.97 Å². The molecule has 0 spiro atoms. The molecule has 0 aliphatic carbocycles. The summed E-state index contributed by atoms with van der Waals surface area (Å²) in [6, 6.07) is 14.4. The van der Waals surface area contributed by atoms with Crippen molar-refractivity contribution in [1.82, 2.24) is 0 Å². The van der Waals surface area contributed by atoms with Crippen molar-refractivity contribution in [2.45, 2.75) is 26.3 Å². The van der Waals surface area contributed by atoms with Crippen LogP contribution in [0.2, 0.25) is 0 Å². The first-order chi connectivity index (χ1) is 10.6. The zero-order chi connectivity index (χ0) is 15.9. The van der Waals surface area contributed by atoms with Crippen molar-refractivity contribution in [2.75, 3.05) is 11.4 Å². The van der Waals surface area contributed by atoms with Gasteiger partial charge in [0.25, 0.3) is 0 Å². The molecule has 0 saturated carbocycles. The van der Waals surface area contributed by atoms with Crippen molar-refractivity contribution in [3.05, 3.63) is 65.5 Å². The monoisotopic (exact) mass is 301 g/mol. The largest absolute Gasteiger partial charge is 0.481 e. The maximum absolute atomic E-state index is 13.3. The predicted octanol–water partition coefficient (Wildman–Crippen LogP) is 3.87. The molecule has 0 saturated heterocycles. The van der Waals surface area contributed by atoms with E-state index in [2.05, 4.69) is 6.92 Å². The van der Waals surface area contributed by atoms with Gasteiger partial charge in [-0.05, 0) is 41.8 Å². The number of nitrogens with zero attached hydrogens (tertiary/aromatic N) is 1. The number of carboxylic acid groups (broad SMARTS) is 1. The highest BCUT2D eigenvalue weighted by Crippen LogP contribution is 2.19. The molecule has 0 aliphatic rings. The number of hydrogen-bond donors (Lipinski definition) is 1. The number of halogens is 1. The summed E-state index contributed by atoms with van der Waals surface area (Å²) in [5.41, 5.74) is 3.00. The topological polar surface area (TPSA) is 40.5 Å². The van der Waals surface area contributed by atoms with Gasteiger partial charge in [-0.25, -0.2) is 4.39 Å². The van der Waals surface area contributed by atoms with Gasteiger partial charge in [0.2, 0.25) is 0 Å². The smallest absolute Gasteiger partial charge is 0.305 e. The second-order valence-corrected chi connectivity index (χ2v) is 5.22. The molecule has 3 nitrogen and oxygen atoms in total. The third-order valence-corrected chi connectivity index (χ3v) is 3.57. The fraction of sp³-hybridized carbons (Fsp3) is 0.278. The lowest BCUT2D eigenvalue weighted by Gasteiger charge is -2.24. The lowest BCUT2D eigenvalue weighted by atomic mass is 10.1. The summed E-state index contributed by atoms with van der Waals surface area (Å²) in [7, 11) is 0. The first kappa shape index (κ1) is 16.0. The molecule has 0 atom stereocenters. The van der Waals surface area contributed by atoms with Crippen LogP contribution >= 0.6 is 0 Å². The van der Waals surface area contributed by atoms with Gasteiger partial charge in [-0.3, -0.25) is 4.79 Å². The third kappa shape index (κ3) is 4.58. The highest BCUT2D eigenvalue weighted by molar-refractivity contribution is 5.67. The minimum Gasteiger partial charge on any atom is -0.481 e. The van der Waals surface area contributed by atoms with Crippen LogP contribution in [0.4, 0.5) is 10.1 Å². The molecule has 0 heterocycles. The zero-order valence-electron chi connectivity index (χ0n) is 12.6. The van der Waals surface area contributed by atoms with E-state index in [1.807, 2.05) is 35.2 Å². The summed E-state index contributed by atoms with van der Waals surface area (Å²) in [5, 5.41) is 8.91. The number of benzene rings is 2. The molecule has 0 aliphatic heterocycles. The average Bonchev–Trinajstić information content (AvgIpc) is 2.51. The molecule has 22 heavy (non-hydrogen) atoms. The normalized spacial score (nSPS) is 10.5. The molecule has 2 rings (SSSR count). The minimum absolute atomic E-state index is 0.0465. The number of aliphatic carboxylic acids is 1. The number of carbonyl (C=O) groups is 1. The van der Waals surface area contributed by atoms with Crippen LogP contribution in [0.1, 0.15) is 24.5 Å². The maximum atomic E-state index is 13.3. The molecular weight excluding hydrogens is 281 g/mol. The lowest BCUT2D eigenvalue weighted by molar-refractivity contribution is -0.136. The molecule has 0 amide bonds. The highest BCUT2D eigenvalue weighted by Gasteiger charge is 2.10. The minimum atomic E-state index is -0.838. The summed E-state index contributed by atoms with van der Waals surface area (Å²) in [6.07, 6.45) is 1.00. The Bertz CT molecular complexity index is 625. The summed E-state index contributed by atoms with van der Waals surface area (Å²) < 4.78 is 13.3. The Balaban J connectivity index is 2.19. The van der Waals surface area contributed by atoms with Crippen LogP contribution < -0.4 is 4.90 Å². The van der Waals surface area contributed by atoms with E-state index in [4.69, 9.17) is 5.11 Å². The number of hydrogen-bond acceptors (Lipinski definition) is 2. The van der Waals surface area contributed by atoms with Gasteiger partial charge < -0.3 is 10.0 Å². The Morgan fingerprint density at radius 3 is 2.45 bits per heavy atom. The van der Waals surface area contributed by atoms with Gasteiger partial charge in [-0.1, -0.05) is 31.2 Å². The Morgan fingerprint density at radius 2 is 1.86 bits per heavy atom. The third-order valence-electron chi connectivity index (χ3n) is 3.57. The molecule has 2 aromatic rings. The molecule has 0 fully saturated rings. The second kappa shape index (κ2) is 7.59. The van der Waals surface area contributed by atoms with Gasteiger partial charge in [-0.2, -0.15) is 0 Å². The van der Waals surface area contributed by atoms with Crippen molar-refractivity contribution >= 4 is 11.7 Å². The van der Waals surface area contributed by atoms with Crippen LogP contribution in [0.5, 0.6) is 0 Å². The van der Waals surface area contributed by atoms with Crippen LogP contribution in [-0.4, -0.2) is 17.6 Å². The summed E-state index contributed by atoms with van der Waals surface area (Å²) in [5.74, 6) is -1.12. The first-order valence-corrected chi connectivity index (χ1v) is 7.38. The van der Waals surface area contributed by atoms with E-state index in [-0.39, 0.29) is 12.2 Å². The summed E-state index contributed by atoms with van der Waals surface area (Å²) >= 11 is 0. The van der Waals surface area contributed by atoms with Crippen molar-refractivity contribution in [3.63, 3.8) is 0 Å². The van der Waals surface area contributed by atoms with Crippen LogP contribution in [0, 0.1) is 5.82 Å². The van der Waals surface area contributed by atoms with E-state index in [0.717, 1.165) is 17.7 Å². The van der Waals surface area contributed by atoms with Crippen molar-refractivity contribution < 1.29 is 14.3 Å². The van der Waals surface area contributed by atoms with E-state index in [0.29, 0.717) is 13.1 Å². The molecule has 0 bridgehead atoms. The molecule has 0 unspecified atom stereocenters. The number of anilines is 1. The SMILES string of the molecule is CCc1ccc(N(CCC(=O)O)Cc2cccc(F)c2)cc1.